The minimum atomic E-state index is -0.662. The van der Waals surface area contributed by atoms with Crippen LogP contribution < -0.4 is 10.6 Å². The molecule has 0 radical (unpaired) electrons. The molecule has 1 saturated heterocycles. The maximum absolute atomic E-state index is 11.3. The lowest BCUT2D eigenvalue weighted by atomic mass is 10.1. The van der Waals surface area contributed by atoms with Crippen LogP contribution in [0.15, 0.2) is 24.5 Å². The highest BCUT2D eigenvalue weighted by molar-refractivity contribution is 5.77. The Kier molecular flexibility index (Phi) is 6.06. The molecule has 0 saturated carbocycles. The Morgan fingerprint density at radius 3 is 3.19 bits per heavy atom. The highest BCUT2D eigenvalue weighted by atomic mass is 16.5. The molecule has 7 nitrogen and oxygen atoms in total. The topological polar surface area (TPSA) is 92.7 Å². The lowest BCUT2D eigenvalue weighted by Crippen LogP contribution is -2.45. The van der Waals surface area contributed by atoms with Crippen LogP contribution in [0.25, 0.3) is 0 Å². The van der Waals surface area contributed by atoms with E-state index in [-0.39, 0.29) is 25.1 Å². The van der Waals surface area contributed by atoms with Crippen LogP contribution in [0.3, 0.4) is 0 Å². The molecule has 21 heavy (non-hydrogen) atoms. The molecule has 1 aliphatic rings. The van der Waals surface area contributed by atoms with Gasteiger partial charge in [0.1, 0.15) is 12.7 Å². The molecule has 3 N–H and O–H groups in total. The number of ether oxygens (including phenoxy) is 2. The van der Waals surface area contributed by atoms with Crippen LogP contribution >= 0.6 is 0 Å². The summed E-state index contributed by atoms with van der Waals surface area (Å²) in [4.78, 5) is 15.3. The number of amides is 1. The number of hydrogen-bond donors (Lipinski definition) is 3. The van der Waals surface area contributed by atoms with Gasteiger partial charge in [-0.05, 0) is 11.6 Å². The summed E-state index contributed by atoms with van der Waals surface area (Å²) in [6, 6.07) is 3.67. The summed E-state index contributed by atoms with van der Waals surface area (Å²) in [7, 11) is 1.46. The van der Waals surface area contributed by atoms with Crippen molar-refractivity contribution in [1.82, 2.24) is 15.6 Å². The van der Waals surface area contributed by atoms with Crippen LogP contribution in [-0.2, 0) is 20.8 Å². The monoisotopic (exact) mass is 295 g/mol. The average Bonchev–Trinajstić information content (AvgIpc) is 2.85. The molecular weight excluding hydrogens is 274 g/mol. The first-order valence-corrected chi connectivity index (χ1v) is 6.88. The number of pyridine rings is 1. The Labute approximate surface area is 123 Å². The van der Waals surface area contributed by atoms with Gasteiger partial charge in [-0.15, -0.1) is 0 Å². The van der Waals surface area contributed by atoms with Gasteiger partial charge in [0.25, 0.3) is 0 Å². The van der Waals surface area contributed by atoms with E-state index in [9.17, 15) is 9.90 Å². The van der Waals surface area contributed by atoms with Gasteiger partial charge >= 0.3 is 0 Å². The van der Waals surface area contributed by atoms with Crippen molar-refractivity contribution in [2.45, 2.75) is 24.8 Å². The van der Waals surface area contributed by atoms with Crippen molar-refractivity contribution in [2.75, 3.05) is 26.9 Å². The molecule has 3 atom stereocenters. The van der Waals surface area contributed by atoms with Crippen LogP contribution in [0, 0.1) is 0 Å². The van der Waals surface area contributed by atoms with E-state index in [1.165, 1.54) is 7.11 Å². The molecule has 3 unspecified atom stereocenters. The molecule has 116 valence electrons. The van der Waals surface area contributed by atoms with E-state index < -0.39 is 12.2 Å². The minimum absolute atomic E-state index is 0.00546. The summed E-state index contributed by atoms with van der Waals surface area (Å²) in [5, 5.41) is 16.1. The van der Waals surface area contributed by atoms with Crippen molar-refractivity contribution in [2.24, 2.45) is 0 Å². The second-order valence-electron chi connectivity index (χ2n) is 4.95. The smallest absolute Gasteiger partial charge is 0.246 e. The number of nitrogens with one attached hydrogen (secondary N) is 2. The van der Waals surface area contributed by atoms with E-state index in [4.69, 9.17) is 9.47 Å². The first-order chi connectivity index (χ1) is 10.2. The van der Waals surface area contributed by atoms with Crippen molar-refractivity contribution in [1.29, 1.82) is 0 Å². The predicted octanol–water partition coefficient (Wildman–Crippen LogP) is -0.938. The summed E-state index contributed by atoms with van der Waals surface area (Å²) in [6.07, 6.45) is 2.43. The Morgan fingerprint density at radius 1 is 1.62 bits per heavy atom. The summed E-state index contributed by atoms with van der Waals surface area (Å²) >= 11 is 0. The number of nitrogens with zero attached hydrogens (tertiary/aromatic N) is 1. The number of aliphatic hydroxyl groups excluding tert-OH is 1. The van der Waals surface area contributed by atoms with Crippen LogP contribution in [0.5, 0.6) is 0 Å². The summed E-state index contributed by atoms with van der Waals surface area (Å²) in [6.45, 7) is 1.30. The molecular formula is C14H21N3O4. The normalized spacial score (nSPS) is 25.0. The molecule has 1 aromatic rings. The summed E-state index contributed by atoms with van der Waals surface area (Å²) in [5.74, 6) is -0.222. The number of aliphatic hydroxyl groups is 1. The molecule has 1 amide bonds. The van der Waals surface area contributed by atoms with Crippen molar-refractivity contribution >= 4 is 5.91 Å². The van der Waals surface area contributed by atoms with Gasteiger partial charge in [-0.1, -0.05) is 6.07 Å². The lowest BCUT2D eigenvalue weighted by molar-refractivity contribution is -0.125. The highest BCUT2D eigenvalue weighted by Gasteiger charge is 2.35. The van der Waals surface area contributed by atoms with Crippen LogP contribution in [0.2, 0.25) is 0 Å². The first kappa shape index (κ1) is 15.8. The zero-order valence-corrected chi connectivity index (χ0v) is 12.0. The number of carbonyl (C=O) groups is 1. The van der Waals surface area contributed by atoms with Gasteiger partial charge < -0.3 is 25.2 Å². The third kappa shape index (κ3) is 4.75. The summed E-state index contributed by atoms with van der Waals surface area (Å²) < 4.78 is 10.2. The zero-order valence-electron chi connectivity index (χ0n) is 12.0. The van der Waals surface area contributed by atoms with Crippen molar-refractivity contribution in [3.8, 4) is 0 Å². The molecule has 0 spiro atoms. The van der Waals surface area contributed by atoms with Gasteiger partial charge in [-0.25, -0.2) is 0 Å². The number of hydrogen-bond acceptors (Lipinski definition) is 6. The second kappa shape index (κ2) is 8.04. The molecule has 2 rings (SSSR count). The SMILES string of the molecule is COCC(=O)NCC1OCC(NCc2cccnc2)C1O. The van der Waals surface area contributed by atoms with E-state index >= 15 is 0 Å². The van der Waals surface area contributed by atoms with Crippen LogP contribution in [0.1, 0.15) is 5.56 Å². The van der Waals surface area contributed by atoms with Crippen molar-refractivity contribution < 1.29 is 19.4 Å². The number of methoxy groups -OCH3 is 1. The maximum atomic E-state index is 11.3. The van der Waals surface area contributed by atoms with Gasteiger partial charge in [-0.2, -0.15) is 0 Å². The largest absolute Gasteiger partial charge is 0.389 e. The van der Waals surface area contributed by atoms with E-state index in [2.05, 4.69) is 15.6 Å². The molecule has 1 aromatic heterocycles. The fraction of sp³-hybridized carbons (Fsp3) is 0.571. The van der Waals surface area contributed by atoms with Gasteiger partial charge in [0.2, 0.25) is 5.91 Å². The third-order valence-electron chi connectivity index (χ3n) is 3.35. The maximum Gasteiger partial charge on any atom is 0.246 e. The number of rotatable bonds is 7. The summed E-state index contributed by atoms with van der Waals surface area (Å²) in [5.41, 5.74) is 1.04. The van der Waals surface area contributed by atoms with E-state index in [0.29, 0.717) is 13.2 Å². The molecule has 0 bridgehead atoms. The Bertz CT molecular complexity index is 443. The Hall–Kier alpha value is -1.54. The zero-order chi connectivity index (χ0) is 15.1. The molecule has 1 aliphatic heterocycles. The van der Waals surface area contributed by atoms with E-state index in [0.717, 1.165) is 5.56 Å². The van der Waals surface area contributed by atoms with E-state index in [1.54, 1.807) is 12.4 Å². The van der Waals surface area contributed by atoms with Crippen LogP contribution in [-0.4, -0.2) is 61.1 Å². The second-order valence-corrected chi connectivity index (χ2v) is 4.95. The van der Waals surface area contributed by atoms with Gasteiger partial charge in [0.15, 0.2) is 0 Å². The number of aromatic nitrogens is 1. The lowest BCUT2D eigenvalue weighted by Gasteiger charge is -2.18. The minimum Gasteiger partial charge on any atom is -0.389 e. The third-order valence-corrected chi connectivity index (χ3v) is 3.35. The average molecular weight is 295 g/mol. The highest BCUT2D eigenvalue weighted by Crippen LogP contribution is 2.14. The molecule has 0 aliphatic carbocycles. The molecule has 7 heteroatoms. The quantitative estimate of drug-likeness (QED) is 0.601. The molecule has 1 fully saturated rings. The van der Waals surface area contributed by atoms with Crippen LogP contribution in [0.4, 0.5) is 0 Å². The van der Waals surface area contributed by atoms with Gasteiger partial charge in [0.05, 0.1) is 18.8 Å². The van der Waals surface area contributed by atoms with Crippen molar-refractivity contribution in [3.05, 3.63) is 30.1 Å². The van der Waals surface area contributed by atoms with Gasteiger partial charge in [-0.3, -0.25) is 9.78 Å². The van der Waals surface area contributed by atoms with Gasteiger partial charge in [0, 0.05) is 32.6 Å². The Balaban J connectivity index is 1.73. The fourth-order valence-corrected chi connectivity index (χ4v) is 2.19. The predicted molar refractivity (Wildman–Crippen MR) is 75.5 cm³/mol. The standard InChI is InChI=1S/C14H21N3O4/c1-20-9-13(18)17-7-12-14(19)11(8-21-12)16-6-10-3-2-4-15-5-10/h2-5,11-12,14,16,19H,6-9H2,1H3,(H,17,18). The fourth-order valence-electron chi connectivity index (χ4n) is 2.19. The number of carbonyl (C=O) groups excluding carboxylic acids is 1. The molecule has 0 aromatic carbocycles. The molecule has 2 heterocycles. The first-order valence-electron chi connectivity index (χ1n) is 6.88. The van der Waals surface area contributed by atoms with Crippen molar-refractivity contribution in [3.63, 3.8) is 0 Å². The Morgan fingerprint density at radius 2 is 2.48 bits per heavy atom. The van der Waals surface area contributed by atoms with E-state index in [1.807, 2.05) is 12.1 Å².